The Hall–Kier alpha value is -3.81. The third kappa shape index (κ3) is 3.61. The fraction of sp³-hybridized carbons (Fsp3) is 0.261. The zero-order valence-electron chi connectivity index (χ0n) is 17.2. The van der Waals surface area contributed by atoms with E-state index in [1.165, 1.54) is 0 Å². The Labute approximate surface area is 179 Å². The fourth-order valence-electron chi connectivity index (χ4n) is 4.26. The van der Waals surface area contributed by atoms with E-state index in [0.717, 1.165) is 16.6 Å². The van der Waals surface area contributed by atoms with Gasteiger partial charge in [-0.1, -0.05) is 18.2 Å². The van der Waals surface area contributed by atoms with Gasteiger partial charge in [-0.15, -0.1) is 0 Å². The third-order valence-electron chi connectivity index (χ3n) is 5.76. The van der Waals surface area contributed by atoms with Crippen molar-refractivity contribution < 1.29 is 14.0 Å². The standard InChI is InChI=1S/C23H23N5O3/c1-26-15-20(19-6-2-3-7-21(19)26)23(30)27-13-16-8-9-25-28(16)17(14-27)11-22(29)24-12-18-5-4-10-31-18/h2-10,15,17H,11-14H2,1H3,(H,24,29). The van der Waals surface area contributed by atoms with E-state index in [4.69, 9.17) is 4.42 Å². The number of aryl methyl sites for hydroxylation is 1. The minimum Gasteiger partial charge on any atom is -0.467 e. The van der Waals surface area contributed by atoms with Crippen molar-refractivity contribution in [1.29, 1.82) is 0 Å². The lowest BCUT2D eigenvalue weighted by Crippen LogP contribution is -2.42. The van der Waals surface area contributed by atoms with Crippen molar-refractivity contribution in [2.45, 2.75) is 25.6 Å². The van der Waals surface area contributed by atoms with Crippen molar-refractivity contribution >= 4 is 22.7 Å². The number of hydrogen-bond donors (Lipinski definition) is 1. The van der Waals surface area contributed by atoms with Crippen LogP contribution < -0.4 is 5.32 Å². The van der Waals surface area contributed by atoms with Crippen molar-refractivity contribution in [2.75, 3.05) is 6.54 Å². The largest absolute Gasteiger partial charge is 0.467 e. The first kappa shape index (κ1) is 19.2. The quantitative estimate of drug-likeness (QED) is 0.541. The highest BCUT2D eigenvalue weighted by atomic mass is 16.3. The lowest BCUT2D eigenvalue weighted by atomic mass is 10.1. The summed E-state index contributed by atoms with van der Waals surface area (Å²) in [4.78, 5) is 27.8. The number of para-hydroxylation sites is 1. The molecule has 1 unspecified atom stereocenters. The number of benzene rings is 1. The molecule has 0 bridgehead atoms. The van der Waals surface area contributed by atoms with Gasteiger partial charge in [0.15, 0.2) is 0 Å². The highest BCUT2D eigenvalue weighted by molar-refractivity contribution is 6.07. The summed E-state index contributed by atoms with van der Waals surface area (Å²) < 4.78 is 9.09. The molecule has 8 heteroatoms. The molecule has 4 aromatic rings. The monoisotopic (exact) mass is 417 g/mol. The van der Waals surface area contributed by atoms with E-state index in [-0.39, 0.29) is 24.3 Å². The molecule has 1 atom stereocenters. The van der Waals surface area contributed by atoms with Crippen LogP contribution >= 0.6 is 0 Å². The summed E-state index contributed by atoms with van der Waals surface area (Å²) in [6.45, 7) is 1.22. The third-order valence-corrected chi connectivity index (χ3v) is 5.76. The number of furan rings is 1. The molecule has 4 heterocycles. The summed E-state index contributed by atoms with van der Waals surface area (Å²) in [5.74, 6) is 0.553. The number of carbonyl (C=O) groups is 2. The average molecular weight is 417 g/mol. The second-order valence-corrected chi connectivity index (χ2v) is 7.84. The van der Waals surface area contributed by atoms with Crippen molar-refractivity contribution in [1.82, 2.24) is 24.6 Å². The zero-order valence-corrected chi connectivity index (χ0v) is 17.2. The fourth-order valence-corrected chi connectivity index (χ4v) is 4.26. The summed E-state index contributed by atoms with van der Waals surface area (Å²) >= 11 is 0. The molecule has 0 spiro atoms. The molecule has 0 aliphatic carbocycles. The van der Waals surface area contributed by atoms with Gasteiger partial charge in [0.25, 0.3) is 5.91 Å². The van der Waals surface area contributed by atoms with Crippen LogP contribution in [0.15, 0.2) is 65.5 Å². The van der Waals surface area contributed by atoms with Crippen LogP contribution in [-0.4, -0.2) is 37.6 Å². The second-order valence-electron chi connectivity index (χ2n) is 7.84. The van der Waals surface area contributed by atoms with Crippen LogP contribution in [0.5, 0.6) is 0 Å². The van der Waals surface area contributed by atoms with E-state index >= 15 is 0 Å². The first-order valence-electron chi connectivity index (χ1n) is 10.2. The lowest BCUT2D eigenvalue weighted by Gasteiger charge is -2.33. The molecule has 8 nitrogen and oxygen atoms in total. The van der Waals surface area contributed by atoms with Gasteiger partial charge < -0.3 is 19.2 Å². The second kappa shape index (κ2) is 7.79. The van der Waals surface area contributed by atoms with E-state index in [2.05, 4.69) is 10.4 Å². The molecule has 1 aliphatic rings. The van der Waals surface area contributed by atoms with Gasteiger partial charge in [0.05, 0.1) is 43.1 Å². The van der Waals surface area contributed by atoms with Crippen molar-refractivity contribution in [3.63, 3.8) is 0 Å². The summed E-state index contributed by atoms with van der Waals surface area (Å²) in [5.41, 5.74) is 2.61. The Bertz CT molecular complexity index is 1240. The first-order valence-corrected chi connectivity index (χ1v) is 10.2. The molecular weight excluding hydrogens is 394 g/mol. The number of amides is 2. The van der Waals surface area contributed by atoms with Crippen molar-refractivity contribution in [3.05, 3.63) is 78.1 Å². The van der Waals surface area contributed by atoms with Gasteiger partial charge in [-0.25, -0.2) is 0 Å². The molecule has 0 radical (unpaired) electrons. The number of fused-ring (bicyclic) bond motifs is 2. The van der Waals surface area contributed by atoms with Gasteiger partial charge in [0.1, 0.15) is 5.76 Å². The van der Waals surface area contributed by atoms with E-state index in [9.17, 15) is 9.59 Å². The predicted molar refractivity (Wildman–Crippen MR) is 114 cm³/mol. The Morgan fingerprint density at radius 2 is 2.06 bits per heavy atom. The zero-order chi connectivity index (χ0) is 21.4. The van der Waals surface area contributed by atoms with Crippen LogP contribution in [0.1, 0.15) is 34.3 Å². The maximum Gasteiger partial charge on any atom is 0.256 e. The van der Waals surface area contributed by atoms with Crippen LogP contribution in [0.4, 0.5) is 0 Å². The van der Waals surface area contributed by atoms with Gasteiger partial charge in [-0.3, -0.25) is 14.3 Å². The molecule has 31 heavy (non-hydrogen) atoms. The number of carbonyl (C=O) groups excluding carboxylic acids is 2. The number of nitrogens with one attached hydrogen (secondary N) is 1. The van der Waals surface area contributed by atoms with Crippen LogP contribution in [0, 0.1) is 0 Å². The average Bonchev–Trinajstić information content (AvgIpc) is 3.52. The molecule has 158 valence electrons. The Morgan fingerprint density at radius 1 is 1.19 bits per heavy atom. The topological polar surface area (TPSA) is 85.3 Å². The van der Waals surface area contributed by atoms with Gasteiger partial charge in [-0.05, 0) is 24.3 Å². The van der Waals surface area contributed by atoms with Gasteiger partial charge in [-0.2, -0.15) is 5.10 Å². The molecular formula is C23H23N5O3. The highest BCUT2D eigenvalue weighted by Crippen LogP contribution is 2.27. The number of aromatic nitrogens is 3. The number of hydrogen-bond acceptors (Lipinski definition) is 4. The van der Waals surface area contributed by atoms with Crippen molar-refractivity contribution in [3.8, 4) is 0 Å². The molecule has 5 rings (SSSR count). The molecule has 1 N–H and O–H groups in total. The molecule has 1 aromatic carbocycles. The lowest BCUT2D eigenvalue weighted by molar-refractivity contribution is -0.122. The van der Waals surface area contributed by atoms with E-state index in [1.807, 2.05) is 63.8 Å². The van der Waals surface area contributed by atoms with Gasteiger partial charge in [0.2, 0.25) is 5.91 Å². The molecule has 0 fully saturated rings. The Balaban J connectivity index is 1.35. The minimum atomic E-state index is -0.228. The minimum absolute atomic E-state index is 0.0368. The summed E-state index contributed by atoms with van der Waals surface area (Å²) in [7, 11) is 1.94. The molecule has 0 saturated heterocycles. The van der Waals surface area contributed by atoms with Crippen LogP contribution in [0.3, 0.4) is 0 Å². The van der Waals surface area contributed by atoms with Crippen LogP contribution in [-0.2, 0) is 24.9 Å². The number of nitrogens with zero attached hydrogens (tertiary/aromatic N) is 4. The predicted octanol–water partition coefficient (Wildman–Crippen LogP) is 2.87. The van der Waals surface area contributed by atoms with E-state index < -0.39 is 0 Å². The molecule has 0 saturated carbocycles. The smallest absolute Gasteiger partial charge is 0.256 e. The van der Waals surface area contributed by atoms with E-state index in [0.29, 0.717) is 31.0 Å². The Morgan fingerprint density at radius 3 is 2.90 bits per heavy atom. The summed E-state index contributed by atoms with van der Waals surface area (Å²) in [6, 6.07) is 13.2. The summed E-state index contributed by atoms with van der Waals surface area (Å²) in [6.07, 6.45) is 5.41. The molecule has 3 aromatic heterocycles. The van der Waals surface area contributed by atoms with Crippen LogP contribution in [0.2, 0.25) is 0 Å². The maximum absolute atomic E-state index is 13.4. The van der Waals surface area contributed by atoms with Gasteiger partial charge in [0, 0.05) is 36.9 Å². The highest BCUT2D eigenvalue weighted by Gasteiger charge is 2.31. The van der Waals surface area contributed by atoms with Gasteiger partial charge >= 0.3 is 0 Å². The molecule has 1 aliphatic heterocycles. The Kier molecular flexibility index (Phi) is 4.82. The molecule has 2 amide bonds. The summed E-state index contributed by atoms with van der Waals surface area (Å²) in [5, 5.41) is 8.21. The van der Waals surface area contributed by atoms with Crippen molar-refractivity contribution in [2.24, 2.45) is 7.05 Å². The SMILES string of the molecule is Cn1cc(C(=O)N2Cc3ccnn3C(CC(=O)NCc3ccco3)C2)c2ccccc21. The first-order chi connectivity index (χ1) is 15.1. The normalized spacial score (nSPS) is 15.8. The maximum atomic E-state index is 13.4. The van der Waals surface area contributed by atoms with E-state index in [1.54, 1.807) is 18.5 Å². The van der Waals surface area contributed by atoms with Crippen LogP contribution in [0.25, 0.3) is 10.9 Å². The number of rotatable bonds is 5.